The van der Waals surface area contributed by atoms with Crippen LogP contribution in [0.3, 0.4) is 0 Å². The highest BCUT2D eigenvalue weighted by molar-refractivity contribution is 5.91. The van der Waals surface area contributed by atoms with E-state index >= 15 is 0 Å². The fourth-order valence-corrected chi connectivity index (χ4v) is 3.17. The molecule has 0 aliphatic rings. The molecule has 0 spiro atoms. The van der Waals surface area contributed by atoms with Crippen molar-refractivity contribution in [3.8, 4) is 17.6 Å². The van der Waals surface area contributed by atoms with E-state index in [9.17, 15) is 5.26 Å². The number of nitrogens with zero attached hydrogens (tertiary/aromatic N) is 2. The van der Waals surface area contributed by atoms with E-state index in [4.69, 9.17) is 9.47 Å². The summed E-state index contributed by atoms with van der Waals surface area (Å²) in [5.74, 6) is 1.83. The van der Waals surface area contributed by atoms with E-state index in [0.29, 0.717) is 29.3 Å². The number of aromatic amines is 1. The fraction of sp³-hybridized carbons (Fsp3) is 0.217. The molecule has 2 aromatic carbocycles. The first-order valence-corrected chi connectivity index (χ1v) is 8.95. The van der Waals surface area contributed by atoms with Gasteiger partial charge < -0.3 is 14.5 Å². The number of ether oxygens (including phenoxy) is 2. The Labute approximate surface area is 164 Å². The van der Waals surface area contributed by atoms with Crippen molar-refractivity contribution in [2.75, 3.05) is 14.2 Å². The summed E-state index contributed by atoms with van der Waals surface area (Å²) in [5, 5.41) is 9.72. The Morgan fingerprint density at radius 2 is 1.93 bits per heavy atom. The van der Waals surface area contributed by atoms with E-state index in [2.05, 4.69) is 42.5 Å². The summed E-state index contributed by atoms with van der Waals surface area (Å²) in [7, 11) is 3.21. The molecule has 28 heavy (non-hydrogen) atoms. The molecule has 0 saturated carbocycles. The lowest BCUT2D eigenvalue weighted by atomic mass is 10.0. The summed E-state index contributed by atoms with van der Waals surface area (Å²) in [5.41, 5.74) is 6.33. The molecule has 5 nitrogen and oxygen atoms in total. The van der Waals surface area contributed by atoms with Gasteiger partial charge in [-0.3, -0.25) is 0 Å². The van der Waals surface area contributed by atoms with Crippen molar-refractivity contribution >= 4 is 22.7 Å². The summed E-state index contributed by atoms with van der Waals surface area (Å²) < 4.78 is 10.9. The maximum Gasteiger partial charge on any atom is 0.164 e. The number of fused-ring (bicyclic) bond motifs is 1. The zero-order valence-corrected chi connectivity index (χ0v) is 16.6. The van der Waals surface area contributed by atoms with Gasteiger partial charge in [-0.2, -0.15) is 5.26 Å². The number of benzene rings is 2. The number of H-pyrrole nitrogens is 1. The normalized spacial score (nSPS) is 11.3. The van der Waals surface area contributed by atoms with E-state index in [-0.39, 0.29) is 0 Å². The quantitative estimate of drug-likeness (QED) is 0.488. The van der Waals surface area contributed by atoms with Crippen LogP contribution in [0, 0.1) is 25.2 Å². The van der Waals surface area contributed by atoms with Crippen LogP contribution in [0.15, 0.2) is 36.9 Å². The number of imidazole rings is 1. The van der Waals surface area contributed by atoms with Gasteiger partial charge in [-0.1, -0.05) is 6.08 Å². The van der Waals surface area contributed by atoms with Gasteiger partial charge >= 0.3 is 0 Å². The standard InChI is InChI=1S/C23H23N3O2/c1-6-7-17-10-16(12-21(27-4)22(17)28-5)11-18(13-24)23-25-19-8-14(2)15(3)9-20(19)26-23/h6,8-12H,1,7H2,2-5H3,(H,25,26). The maximum absolute atomic E-state index is 9.72. The molecule has 1 aromatic heterocycles. The molecule has 5 heteroatoms. The van der Waals surface area contributed by atoms with Crippen molar-refractivity contribution in [2.24, 2.45) is 0 Å². The molecule has 1 N–H and O–H groups in total. The largest absolute Gasteiger partial charge is 0.493 e. The third-order valence-corrected chi connectivity index (χ3v) is 4.73. The van der Waals surface area contributed by atoms with Gasteiger partial charge in [0.15, 0.2) is 11.5 Å². The van der Waals surface area contributed by atoms with Gasteiger partial charge in [-0.15, -0.1) is 6.58 Å². The minimum absolute atomic E-state index is 0.447. The smallest absolute Gasteiger partial charge is 0.164 e. The molecule has 0 aliphatic heterocycles. The zero-order chi connectivity index (χ0) is 20.3. The lowest BCUT2D eigenvalue weighted by molar-refractivity contribution is 0.352. The minimum Gasteiger partial charge on any atom is -0.493 e. The van der Waals surface area contributed by atoms with Crippen LogP contribution in [0.5, 0.6) is 11.5 Å². The Hall–Kier alpha value is -3.52. The van der Waals surface area contributed by atoms with E-state index in [1.165, 1.54) is 11.1 Å². The molecule has 0 amide bonds. The van der Waals surface area contributed by atoms with Crippen molar-refractivity contribution in [3.05, 3.63) is 65.0 Å². The number of methoxy groups -OCH3 is 2. The second-order valence-electron chi connectivity index (χ2n) is 6.62. The second kappa shape index (κ2) is 8.01. The van der Waals surface area contributed by atoms with Crippen LogP contribution in [0.2, 0.25) is 0 Å². The second-order valence-corrected chi connectivity index (χ2v) is 6.62. The van der Waals surface area contributed by atoms with Gasteiger partial charge in [0, 0.05) is 5.56 Å². The molecule has 0 radical (unpaired) electrons. The first-order valence-electron chi connectivity index (χ1n) is 8.95. The number of hydrogen-bond donors (Lipinski definition) is 1. The van der Waals surface area contributed by atoms with Crippen molar-refractivity contribution in [1.29, 1.82) is 5.26 Å². The molecule has 0 atom stereocenters. The molecule has 3 aromatic rings. The molecule has 0 saturated heterocycles. The predicted molar refractivity (Wildman–Crippen MR) is 112 cm³/mol. The fourth-order valence-electron chi connectivity index (χ4n) is 3.17. The molecular weight excluding hydrogens is 350 g/mol. The number of aromatic nitrogens is 2. The molecule has 0 aliphatic carbocycles. The third kappa shape index (κ3) is 3.63. The van der Waals surface area contributed by atoms with Gasteiger partial charge in [-0.05, 0) is 67.3 Å². The number of allylic oxidation sites excluding steroid dienone is 2. The van der Waals surface area contributed by atoms with E-state index in [0.717, 1.165) is 22.2 Å². The number of hydrogen-bond acceptors (Lipinski definition) is 4. The average molecular weight is 373 g/mol. The highest BCUT2D eigenvalue weighted by Crippen LogP contribution is 2.34. The zero-order valence-electron chi connectivity index (χ0n) is 16.6. The number of nitriles is 1. The van der Waals surface area contributed by atoms with Crippen LogP contribution >= 0.6 is 0 Å². The van der Waals surface area contributed by atoms with Crippen molar-refractivity contribution in [2.45, 2.75) is 20.3 Å². The molecule has 0 fully saturated rings. The summed E-state index contributed by atoms with van der Waals surface area (Å²) >= 11 is 0. The van der Waals surface area contributed by atoms with Gasteiger partial charge in [0.05, 0.1) is 30.8 Å². The van der Waals surface area contributed by atoms with E-state index in [1.807, 2.05) is 18.2 Å². The van der Waals surface area contributed by atoms with E-state index in [1.54, 1.807) is 26.4 Å². The van der Waals surface area contributed by atoms with Crippen molar-refractivity contribution in [3.63, 3.8) is 0 Å². The molecule has 3 rings (SSSR count). The van der Waals surface area contributed by atoms with Crippen molar-refractivity contribution in [1.82, 2.24) is 9.97 Å². The van der Waals surface area contributed by atoms with Crippen LogP contribution in [0.4, 0.5) is 0 Å². The highest BCUT2D eigenvalue weighted by atomic mass is 16.5. The van der Waals surface area contributed by atoms with Gasteiger partial charge in [-0.25, -0.2) is 4.98 Å². The van der Waals surface area contributed by atoms with Crippen LogP contribution in [0.1, 0.15) is 28.1 Å². The highest BCUT2D eigenvalue weighted by Gasteiger charge is 2.13. The van der Waals surface area contributed by atoms with Gasteiger partial charge in [0.25, 0.3) is 0 Å². The minimum atomic E-state index is 0.447. The first kappa shape index (κ1) is 19.2. The maximum atomic E-state index is 9.72. The summed E-state index contributed by atoms with van der Waals surface area (Å²) in [6.07, 6.45) is 4.23. The third-order valence-electron chi connectivity index (χ3n) is 4.73. The molecule has 1 heterocycles. The Morgan fingerprint density at radius 1 is 1.18 bits per heavy atom. The van der Waals surface area contributed by atoms with Gasteiger partial charge in [0.2, 0.25) is 0 Å². The molecule has 142 valence electrons. The Kier molecular flexibility index (Phi) is 5.51. The molecule has 0 unspecified atom stereocenters. The SMILES string of the molecule is C=CCc1cc(C=C(C#N)c2nc3cc(C)c(C)cc3[nH]2)cc(OC)c1OC. The lowest BCUT2D eigenvalue weighted by Crippen LogP contribution is -1.97. The predicted octanol–water partition coefficient (Wildman–Crippen LogP) is 4.99. The monoisotopic (exact) mass is 373 g/mol. The van der Waals surface area contributed by atoms with E-state index < -0.39 is 0 Å². The number of nitrogens with one attached hydrogen (secondary N) is 1. The Balaban J connectivity index is 2.11. The average Bonchev–Trinajstić information content (AvgIpc) is 3.08. The van der Waals surface area contributed by atoms with Crippen molar-refractivity contribution < 1.29 is 9.47 Å². The number of aryl methyl sites for hydroxylation is 2. The van der Waals surface area contributed by atoms with Crippen LogP contribution < -0.4 is 9.47 Å². The van der Waals surface area contributed by atoms with Gasteiger partial charge in [0.1, 0.15) is 11.9 Å². The Morgan fingerprint density at radius 3 is 2.57 bits per heavy atom. The topological polar surface area (TPSA) is 70.9 Å². The number of rotatable bonds is 6. The van der Waals surface area contributed by atoms with Crippen LogP contribution in [-0.2, 0) is 6.42 Å². The lowest BCUT2D eigenvalue weighted by Gasteiger charge is -2.13. The summed E-state index contributed by atoms with van der Waals surface area (Å²) in [6, 6.07) is 10.1. The molecular formula is C23H23N3O2. The van der Waals surface area contributed by atoms with Crippen LogP contribution in [0.25, 0.3) is 22.7 Å². The molecule has 0 bridgehead atoms. The van der Waals surface area contributed by atoms with Crippen LogP contribution in [-0.4, -0.2) is 24.2 Å². The summed E-state index contributed by atoms with van der Waals surface area (Å²) in [6.45, 7) is 7.91. The first-order chi connectivity index (χ1) is 13.5. The Bertz CT molecular complexity index is 1080. The summed E-state index contributed by atoms with van der Waals surface area (Å²) in [4.78, 5) is 7.85.